The van der Waals surface area contributed by atoms with Crippen LogP contribution in [0.25, 0.3) is 0 Å². The largest absolute Gasteiger partial charge is 0.283 e. The summed E-state index contributed by atoms with van der Waals surface area (Å²) in [6.45, 7) is 1.97. The molecule has 0 saturated heterocycles. The molecule has 44 valence electrons. The summed E-state index contributed by atoms with van der Waals surface area (Å²) in [6.07, 6.45) is 0. The molecule has 1 heterocycles. The van der Waals surface area contributed by atoms with Crippen molar-refractivity contribution in [2.24, 2.45) is 0 Å². The van der Waals surface area contributed by atoms with Crippen LogP contribution in [-0.4, -0.2) is 10.2 Å². The molecule has 0 aliphatic heterocycles. The van der Waals surface area contributed by atoms with Crippen molar-refractivity contribution in [3.63, 3.8) is 0 Å². The fourth-order valence-electron chi connectivity index (χ4n) is 0.555. The van der Waals surface area contributed by atoms with Crippen LogP contribution in [0.1, 0.15) is 11.4 Å². The summed E-state index contributed by atoms with van der Waals surface area (Å²) >= 11 is 4.04. The van der Waals surface area contributed by atoms with Gasteiger partial charge in [-0.1, -0.05) is 0 Å². The first-order valence-corrected chi connectivity index (χ1v) is 3.08. The van der Waals surface area contributed by atoms with E-state index in [0.717, 1.165) is 11.4 Å². The van der Waals surface area contributed by atoms with Crippen LogP contribution < -0.4 is 0 Å². The van der Waals surface area contributed by atoms with Gasteiger partial charge in [-0.2, -0.15) is 17.7 Å². The first kappa shape index (κ1) is 5.69. The average Bonchev–Trinajstić information content (AvgIpc) is 2.14. The fourth-order valence-corrected chi connectivity index (χ4v) is 0.717. The van der Waals surface area contributed by atoms with Crippen molar-refractivity contribution < 1.29 is 0 Å². The van der Waals surface area contributed by atoms with Gasteiger partial charge in [0.25, 0.3) is 0 Å². The second kappa shape index (κ2) is 2.22. The average molecular weight is 128 g/mol. The zero-order valence-corrected chi connectivity index (χ0v) is 5.57. The van der Waals surface area contributed by atoms with Gasteiger partial charge in [-0.3, -0.25) is 5.10 Å². The summed E-state index contributed by atoms with van der Waals surface area (Å²) < 4.78 is 0. The number of nitrogens with zero attached hydrogens (tertiary/aromatic N) is 1. The predicted molar refractivity (Wildman–Crippen MR) is 36.0 cm³/mol. The molecule has 1 aromatic rings. The highest BCUT2D eigenvalue weighted by atomic mass is 32.1. The van der Waals surface area contributed by atoms with Gasteiger partial charge in [0.2, 0.25) is 0 Å². The molecule has 0 spiro atoms. The maximum absolute atomic E-state index is 4.04. The first-order chi connectivity index (χ1) is 3.83. The minimum Gasteiger partial charge on any atom is -0.283 e. The Labute approximate surface area is 53.7 Å². The predicted octanol–water partition coefficient (Wildman–Crippen LogP) is 1.15. The summed E-state index contributed by atoms with van der Waals surface area (Å²) in [5.74, 6) is 0.713. The Balaban J connectivity index is 2.84. The number of aromatic nitrogens is 2. The molecule has 0 saturated carbocycles. The van der Waals surface area contributed by atoms with Crippen LogP contribution in [0.2, 0.25) is 0 Å². The molecule has 0 amide bonds. The van der Waals surface area contributed by atoms with E-state index in [1.807, 2.05) is 13.0 Å². The highest BCUT2D eigenvalue weighted by molar-refractivity contribution is 7.79. The molecule has 0 aliphatic rings. The minimum absolute atomic E-state index is 0.713. The molecule has 1 N–H and O–H groups in total. The molecule has 2 nitrogen and oxygen atoms in total. The molecule has 0 atom stereocenters. The Morgan fingerprint density at radius 2 is 2.62 bits per heavy atom. The Morgan fingerprint density at radius 1 is 1.88 bits per heavy atom. The number of H-pyrrole nitrogens is 1. The second-order valence-electron chi connectivity index (χ2n) is 1.70. The van der Waals surface area contributed by atoms with Crippen molar-refractivity contribution in [1.29, 1.82) is 0 Å². The zero-order valence-electron chi connectivity index (χ0n) is 4.68. The monoisotopic (exact) mass is 128 g/mol. The normalized spacial score (nSPS) is 9.75. The maximum Gasteiger partial charge on any atom is 0.0721 e. The van der Waals surface area contributed by atoms with E-state index in [2.05, 4.69) is 22.8 Å². The van der Waals surface area contributed by atoms with Crippen LogP contribution in [-0.2, 0) is 5.75 Å². The van der Waals surface area contributed by atoms with Gasteiger partial charge in [-0.25, -0.2) is 0 Å². The van der Waals surface area contributed by atoms with Crippen molar-refractivity contribution in [3.05, 3.63) is 17.5 Å². The van der Waals surface area contributed by atoms with Gasteiger partial charge < -0.3 is 0 Å². The second-order valence-corrected chi connectivity index (χ2v) is 2.02. The van der Waals surface area contributed by atoms with E-state index in [1.165, 1.54) is 0 Å². The van der Waals surface area contributed by atoms with Crippen molar-refractivity contribution in [2.45, 2.75) is 12.7 Å². The third-order valence-corrected chi connectivity index (χ3v) is 1.24. The Bertz CT molecular complexity index is 171. The third kappa shape index (κ3) is 1.04. The fraction of sp³-hybridized carbons (Fsp3) is 0.400. The van der Waals surface area contributed by atoms with Gasteiger partial charge in [0.15, 0.2) is 0 Å². The highest BCUT2D eigenvalue weighted by Crippen LogP contribution is 1.99. The van der Waals surface area contributed by atoms with Crippen molar-refractivity contribution in [1.82, 2.24) is 10.2 Å². The number of hydrogen-bond donors (Lipinski definition) is 2. The van der Waals surface area contributed by atoms with Crippen LogP contribution in [0.4, 0.5) is 0 Å². The van der Waals surface area contributed by atoms with E-state index in [4.69, 9.17) is 0 Å². The van der Waals surface area contributed by atoms with E-state index < -0.39 is 0 Å². The number of rotatable bonds is 1. The number of aromatic amines is 1. The van der Waals surface area contributed by atoms with Gasteiger partial charge in [0.1, 0.15) is 0 Å². The topological polar surface area (TPSA) is 28.7 Å². The molecule has 0 radical (unpaired) electrons. The summed E-state index contributed by atoms with van der Waals surface area (Å²) in [6, 6.07) is 1.98. The number of hydrogen-bond acceptors (Lipinski definition) is 2. The Morgan fingerprint density at radius 3 is 2.88 bits per heavy atom. The Kier molecular flexibility index (Phi) is 1.58. The minimum atomic E-state index is 0.713. The maximum atomic E-state index is 4.04. The van der Waals surface area contributed by atoms with Gasteiger partial charge in [-0.05, 0) is 13.0 Å². The van der Waals surface area contributed by atoms with E-state index in [9.17, 15) is 0 Å². The molecule has 8 heavy (non-hydrogen) atoms. The SMILES string of the molecule is Cc1cc(CS)n[nH]1. The molecule has 0 aliphatic carbocycles. The zero-order chi connectivity index (χ0) is 5.98. The van der Waals surface area contributed by atoms with Crippen LogP contribution in [0.3, 0.4) is 0 Å². The number of thiol groups is 1. The third-order valence-electron chi connectivity index (χ3n) is 0.921. The van der Waals surface area contributed by atoms with Crippen molar-refractivity contribution >= 4 is 12.6 Å². The van der Waals surface area contributed by atoms with Crippen LogP contribution in [0.15, 0.2) is 6.07 Å². The van der Waals surface area contributed by atoms with E-state index in [-0.39, 0.29) is 0 Å². The van der Waals surface area contributed by atoms with Gasteiger partial charge in [-0.15, -0.1) is 0 Å². The number of nitrogens with one attached hydrogen (secondary N) is 1. The smallest absolute Gasteiger partial charge is 0.0721 e. The molecule has 3 heteroatoms. The molecule has 0 bridgehead atoms. The highest BCUT2D eigenvalue weighted by Gasteiger charge is 1.90. The molecular weight excluding hydrogens is 120 g/mol. The molecule has 0 unspecified atom stereocenters. The Hall–Kier alpha value is -0.440. The van der Waals surface area contributed by atoms with Crippen LogP contribution in [0.5, 0.6) is 0 Å². The van der Waals surface area contributed by atoms with Crippen molar-refractivity contribution in [3.8, 4) is 0 Å². The lowest BCUT2D eigenvalue weighted by atomic mass is 10.4. The van der Waals surface area contributed by atoms with E-state index >= 15 is 0 Å². The molecule has 1 aromatic heterocycles. The van der Waals surface area contributed by atoms with E-state index in [1.54, 1.807) is 0 Å². The quantitative estimate of drug-likeness (QED) is 0.546. The van der Waals surface area contributed by atoms with Crippen LogP contribution >= 0.6 is 12.6 Å². The van der Waals surface area contributed by atoms with E-state index in [0.29, 0.717) is 5.75 Å². The lowest BCUT2D eigenvalue weighted by Gasteiger charge is -1.76. The summed E-state index contributed by atoms with van der Waals surface area (Å²) in [4.78, 5) is 0. The lowest BCUT2D eigenvalue weighted by molar-refractivity contribution is 1.01. The van der Waals surface area contributed by atoms with Crippen LogP contribution in [0, 0.1) is 6.92 Å². The van der Waals surface area contributed by atoms with Gasteiger partial charge >= 0.3 is 0 Å². The number of aryl methyl sites for hydroxylation is 1. The van der Waals surface area contributed by atoms with Gasteiger partial charge in [0, 0.05) is 11.4 Å². The standard InChI is InChI=1S/C5H8N2S/c1-4-2-5(3-8)7-6-4/h2,8H,3H2,1H3,(H,6,7). The molecule has 0 fully saturated rings. The van der Waals surface area contributed by atoms with Gasteiger partial charge in [0.05, 0.1) is 5.69 Å². The summed E-state index contributed by atoms with van der Waals surface area (Å²) in [5.41, 5.74) is 2.10. The summed E-state index contributed by atoms with van der Waals surface area (Å²) in [5, 5.41) is 6.75. The molecule has 1 rings (SSSR count). The van der Waals surface area contributed by atoms with Crippen molar-refractivity contribution in [2.75, 3.05) is 0 Å². The first-order valence-electron chi connectivity index (χ1n) is 2.44. The summed E-state index contributed by atoms with van der Waals surface area (Å²) in [7, 11) is 0. The molecule has 0 aromatic carbocycles. The lowest BCUT2D eigenvalue weighted by Crippen LogP contribution is -1.73. The molecular formula is C5H8N2S.